The van der Waals surface area contributed by atoms with Gasteiger partial charge < -0.3 is 37.4 Å². The van der Waals surface area contributed by atoms with E-state index in [0.717, 1.165) is 13.0 Å². The molecule has 166 valence electrons. The van der Waals surface area contributed by atoms with Gasteiger partial charge in [0.2, 0.25) is 0 Å². The molecule has 0 aliphatic heterocycles. The van der Waals surface area contributed by atoms with Crippen molar-refractivity contribution in [3.63, 3.8) is 0 Å². The molecule has 2 atom stereocenters. The van der Waals surface area contributed by atoms with Gasteiger partial charge in [0, 0.05) is 18.1 Å². The molecule has 0 radical (unpaired) electrons. The highest BCUT2D eigenvalue weighted by molar-refractivity contribution is 7.99. The molecule has 0 aromatic rings. The minimum Gasteiger partial charge on any atom is -1.00 e. The average Bonchev–Trinajstić information content (AvgIpc) is 2.63. The number of esters is 2. The summed E-state index contributed by atoms with van der Waals surface area (Å²) in [7, 11) is 4.02. The van der Waals surface area contributed by atoms with Crippen molar-refractivity contribution in [1.82, 2.24) is 10.6 Å². The maximum absolute atomic E-state index is 11.8. The molecule has 0 saturated carbocycles. The van der Waals surface area contributed by atoms with E-state index in [9.17, 15) is 14.4 Å². The Morgan fingerprint density at radius 1 is 0.964 bits per heavy atom. The van der Waals surface area contributed by atoms with Crippen molar-refractivity contribution >= 4 is 29.7 Å². The van der Waals surface area contributed by atoms with Crippen molar-refractivity contribution in [2.45, 2.75) is 27.2 Å². The van der Waals surface area contributed by atoms with Gasteiger partial charge in [-0.25, -0.2) is 4.79 Å². The van der Waals surface area contributed by atoms with Crippen LogP contribution in [0.2, 0.25) is 0 Å². The normalized spacial score (nSPS) is 12.5. The molecule has 2 unspecified atom stereocenters. The van der Waals surface area contributed by atoms with Gasteiger partial charge in [0.15, 0.2) is 0 Å². The number of amides is 2. The third-order valence-corrected chi connectivity index (χ3v) is 5.02. The van der Waals surface area contributed by atoms with Gasteiger partial charge in [-0.2, -0.15) is 11.8 Å². The van der Waals surface area contributed by atoms with E-state index in [-0.39, 0.29) is 55.4 Å². The molecule has 0 fully saturated rings. The van der Waals surface area contributed by atoms with Crippen LogP contribution in [0.5, 0.6) is 0 Å². The Hall–Kier alpha value is -1.19. The first-order chi connectivity index (χ1) is 12.8. The second kappa shape index (κ2) is 17.9. The van der Waals surface area contributed by atoms with E-state index in [1.807, 2.05) is 34.9 Å². The van der Waals surface area contributed by atoms with Crippen LogP contribution >= 0.6 is 11.8 Å². The number of ether oxygens (including phenoxy) is 2. The standard InChI is InChI=1S/C18H35N3O5S.ClH/c1-6-14(2)16(22)25-10-7-19-18(24)20-8-12-27-13-15(3)17(23)26-11-9-21(4)5;/h14-15H,6-13H2,1-5H3,(H2,19,20,24);1H. The number of halogens is 1. The van der Waals surface area contributed by atoms with E-state index >= 15 is 0 Å². The van der Waals surface area contributed by atoms with E-state index in [0.29, 0.717) is 24.7 Å². The Morgan fingerprint density at radius 2 is 1.54 bits per heavy atom. The second-order valence-electron chi connectivity index (χ2n) is 6.76. The smallest absolute Gasteiger partial charge is 0.314 e. The summed E-state index contributed by atoms with van der Waals surface area (Å²) in [6, 6.07) is -0.297. The maximum Gasteiger partial charge on any atom is 0.314 e. The first-order valence-electron chi connectivity index (χ1n) is 9.49. The van der Waals surface area contributed by atoms with Gasteiger partial charge in [-0.05, 0) is 6.42 Å². The summed E-state index contributed by atoms with van der Waals surface area (Å²) in [5, 5.41) is 5.36. The van der Waals surface area contributed by atoms with Gasteiger partial charge in [-0.3, -0.25) is 9.59 Å². The molecule has 8 nitrogen and oxygen atoms in total. The van der Waals surface area contributed by atoms with Crippen LogP contribution in [0.15, 0.2) is 0 Å². The van der Waals surface area contributed by atoms with Crippen molar-refractivity contribution in [2.24, 2.45) is 11.8 Å². The summed E-state index contributed by atoms with van der Waals surface area (Å²) in [6.45, 7) is 7.75. The summed E-state index contributed by atoms with van der Waals surface area (Å²) in [6.07, 6.45) is 0.734. The zero-order valence-corrected chi connectivity index (χ0v) is 19.2. The lowest BCUT2D eigenvalue weighted by Gasteiger charge is -2.13. The summed E-state index contributed by atoms with van der Waals surface area (Å²) in [4.78, 5) is 36.1. The van der Waals surface area contributed by atoms with E-state index in [2.05, 4.69) is 10.6 Å². The molecule has 0 aliphatic rings. The summed E-state index contributed by atoms with van der Waals surface area (Å²) >= 11 is 1.59. The molecule has 28 heavy (non-hydrogen) atoms. The molecule has 0 rings (SSSR count). The Kier molecular flexibility index (Phi) is 18.5. The van der Waals surface area contributed by atoms with Gasteiger partial charge in [0.1, 0.15) is 19.8 Å². The van der Waals surface area contributed by atoms with Crippen molar-refractivity contribution in [3.8, 4) is 0 Å². The molecule has 3 N–H and O–H groups in total. The number of carbonyl (C=O) groups excluding carboxylic acids is 3. The van der Waals surface area contributed by atoms with Crippen molar-refractivity contribution < 1.29 is 41.2 Å². The van der Waals surface area contributed by atoms with Crippen LogP contribution in [0.3, 0.4) is 0 Å². The zero-order chi connectivity index (χ0) is 20.7. The van der Waals surface area contributed by atoms with Gasteiger partial charge in [0.25, 0.3) is 0 Å². The number of rotatable bonds is 14. The lowest BCUT2D eigenvalue weighted by molar-refractivity contribution is -0.858. The summed E-state index contributed by atoms with van der Waals surface area (Å²) < 4.78 is 10.3. The molecule has 0 saturated heterocycles. The lowest BCUT2D eigenvalue weighted by Crippen LogP contribution is -3.06. The molecular weight excluding hydrogens is 406 g/mol. The highest BCUT2D eigenvalue weighted by Crippen LogP contribution is 2.09. The number of hydrogen-bond donors (Lipinski definition) is 3. The lowest BCUT2D eigenvalue weighted by atomic mass is 10.1. The van der Waals surface area contributed by atoms with Crippen LogP contribution in [0.4, 0.5) is 4.79 Å². The number of carbonyl (C=O) groups is 3. The SMILES string of the molecule is CCC(C)C(=O)OCCNC(=O)NCCSCC(C)C(=O)OCC[NH+](C)C.[Cl-]. The molecule has 0 bridgehead atoms. The number of quaternary nitrogens is 1. The molecule has 0 spiro atoms. The third-order valence-electron chi connectivity index (χ3n) is 3.80. The van der Waals surface area contributed by atoms with E-state index in [1.165, 1.54) is 4.90 Å². The third kappa shape index (κ3) is 15.8. The van der Waals surface area contributed by atoms with Gasteiger partial charge >= 0.3 is 18.0 Å². The van der Waals surface area contributed by atoms with Crippen molar-refractivity contribution in [1.29, 1.82) is 0 Å². The van der Waals surface area contributed by atoms with Crippen molar-refractivity contribution in [2.75, 3.05) is 58.4 Å². The summed E-state index contributed by atoms with van der Waals surface area (Å²) in [5.41, 5.74) is 0. The fourth-order valence-electron chi connectivity index (χ4n) is 1.75. The van der Waals surface area contributed by atoms with E-state index in [4.69, 9.17) is 9.47 Å². The first-order valence-corrected chi connectivity index (χ1v) is 10.6. The predicted octanol–water partition coefficient (Wildman–Crippen LogP) is -3.06. The molecule has 0 aliphatic carbocycles. The van der Waals surface area contributed by atoms with Gasteiger partial charge in [0.05, 0.1) is 32.5 Å². The monoisotopic (exact) mass is 441 g/mol. The summed E-state index contributed by atoms with van der Waals surface area (Å²) in [5.74, 6) is 0.650. The highest BCUT2D eigenvalue weighted by atomic mass is 35.5. The predicted molar refractivity (Wildman–Crippen MR) is 107 cm³/mol. The topological polar surface area (TPSA) is 98.2 Å². The molecule has 0 aromatic carbocycles. The Balaban J connectivity index is 0. The fourth-order valence-corrected chi connectivity index (χ4v) is 2.65. The molecule has 0 heterocycles. The van der Waals surface area contributed by atoms with Crippen LogP contribution < -0.4 is 27.9 Å². The Morgan fingerprint density at radius 3 is 2.14 bits per heavy atom. The van der Waals surface area contributed by atoms with Crippen LogP contribution in [-0.2, 0) is 19.1 Å². The minimum atomic E-state index is -0.297. The number of hydrogen-bond acceptors (Lipinski definition) is 6. The minimum absolute atomic E-state index is 0. The Bertz CT molecular complexity index is 455. The number of urea groups is 1. The van der Waals surface area contributed by atoms with Crippen LogP contribution in [0, 0.1) is 11.8 Å². The highest BCUT2D eigenvalue weighted by Gasteiger charge is 2.15. The van der Waals surface area contributed by atoms with Crippen molar-refractivity contribution in [3.05, 3.63) is 0 Å². The number of nitrogens with one attached hydrogen (secondary N) is 3. The maximum atomic E-state index is 11.8. The molecule has 10 heteroatoms. The Labute approximate surface area is 179 Å². The molecule has 0 aromatic heterocycles. The molecule has 2 amide bonds. The largest absolute Gasteiger partial charge is 1.00 e. The van der Waals surface area contributed by atoms with Gasteiger partial charge in [-0.15, -0.1) is 0 Å². The zero-order valence-electron chi connectivity index (χ0n) is 17.6. The van der Waals surface area contributed by atoms with E-state index < -0.39 is 0 Å². The number of thioether (sulfide) groups is 1. The van der Waals surface area contributed by atoms with E-state index in [1.54, 1.807) is 11.8 Å². The average molecular weight is 442 g/mol. The fraction of sp³-hybridized carbons (Fsp3) is 0.833. The number of likely N-dealkylation sites (N-methyl/N-ethyl adjacent to an activating group) is 1. The molecular formula is C18H36ClN3O5S. The van der Waals surface area contributed by atoms with Gasteiger partial charge in [-0.1, -0.05) is 20.8 Å². The van der Waals surface area contributed by atoms with Crippen LogP contribution in [0.1, 0.15) is 27.2 Å². The quantitative estimate of drug-likeness (QED) is 0.195. The van der Waals surface area contributed by atoms with Crippen LogP contribution in [-0.4, -0.2) is 76.4 Å². The second-order valence-corrected chi connectivity index (χ2v) is 7.91. The first kappa shape index (κ1) is 29.0. The van der Waals surface area contributed by atoms with Crippen LogP contribution in [0.25, 0.3) is 0 Å².